The highest BCUT2D eigenvalue weighted by molar-refractivity contribution is 9.10. The number of anilines is 2. The van der Waals surface area contributed by atoms with Crippen LogP contribution in [0, 0.1) is 0 Å². The second-order valence-corrected chi connectivity index (χ2v) is 5.71. The Hall–Kier alpha value is -0.710. The van der Waals surface area contributed by atoms with Gasteiger partial charge >= 0.3 is 0 Å². The minimum Gasteiger partial charge on any atom is -0.324 e. The van der Waals surface area contributed by atoms with Gasteiger partial charge in [0.2, 0.25) is 5.95 Å². The van der Waals surface area contributed by atoms with Crippen LogP contribution in [0.3, 0.4) is 0 Å². The lowest BCUT2D eigenvalue weighted by Gasteiger charge is -2.14. The Morgan fingerprint density at radius 2 is 2.00 bits per heavy atom. The SMILES string of the molecule is CC(C)n1ccnc1Nc1ccc(Br)c(Cl)c1Cl. The van der Waals surface area contributed by atoms with Gasteiger partial charge in [-0.15, -0.1) is 0 Å². The van der Waals surface area contributed by atoms with Crippen molar-refractivity contribution < 1.29 is 0 Å². The van der Waals surface area contributed by atoms with Gasteiger partial charge in [0.05, 0.1) is 15.7 Å². The molecule has 0 aliphatic carbocycles. The zero-order valence-corrected chi connectivity index (χ0v) is 13.0. The maximum Gasteiger partial charge on any atom is 0.207 e. The summed E-state index contributed by atoms with van der Waals surface area (Å²) in [6.07, 6.45) is 3.66. The zero-order chi connectivity index (χ0) is 13.3. The molecule has 3 nitrogen and oxygen atoms in total. The molecule has 1 N–H and O–H groups in total. The Kier molecular flexibility index (Phi) is 4.20. The van der Waals surface area contributed by atoms with Crippen molar-refractivity contribution in [3.8, 4) is 0 Å². The van der Waals surface area contributed by atoms with Gasteiger partial charge in [-0.2, -0.15) is 0 Å². The molecule has 18 heavy (non-hydrogen) atoms. The molecule has 0 saturated heterocycles. The minimum atomic E-state index is 0.319. The molecule has 2 aromatic rings. The molecule has 0 amide bonds. The van der Waals surface area contributed by atoms with E-state index in [0.717, 1.165) is 16.1 Å². The number of benzene rings is 1. The Bertz CT molecular complexity index is 566. The Labute approximate surface area is 124 Å². The normalized spacial score (nSPS) is 11.0. The molecule has 2 rings (SSSR count). The minimum absolute atomic E-state index is 0.319. The van der Waals surface area contributed by atoms with E-state index in [1.54, 1.807) is 6.20 Å². The fraction of sp³-hybridized carbons (Fsp3) is 0.250. The van der Waals surface area contributed by atoms with E-state index in [9.17, 15) is 0 Å². The average Bonchev–Trinajstić information content (AvgIpc) is 2.78. The Balaban J connectivity index is 2.35. The van der Waals surface area contributed by atoms with Crippen LogP contribution < -0.4 is 5.32 Å². The second-order valence-electron chi connectivity index (χ2n) is 4.10. The molecule has 0 bridgehead atoms. The van der Waals surface area contributed by atoms with E-state index in [2.05, 4.69) is 40.1 Å². The van der Waals surface area contributed by atoms with Crippen molar-refractivity contribution in [2.45, 2.75) is 19.9 Å². The Morgan fingerprint density at radius 1 is 1.28 bits per heavy atom. The van der Waals surface area contributed by atoms with Gasteiger partial charge in [-0.25, -0.2) is 4.98 Å². The number of aromatic nitrogens is 2. The fourth-order valence-electron chi connectivity index (χ4n) is 1.57. The predicted molar refractivity (Wildman–Crippen MR) is 80.1 cm³/mol. The molecular weight excluding hydrogens is 337 g/mol. The van der Waals surface area contributed by atoms with Crippen LogP contribution in [0.15, 0.2) is 29.0 Å². The van der Waals surface area contributed by atoms with Gasteiger partial charge in [0.1, 0.15) is 0 Å². The number of nitrogens with zero attached hydrogens (tertiary/aromatic N) is 2. The lowest BCUT2D eigenvalue weighted by atomic mass is 10.3. The largest absolute Gasteiger partial charge is 0.324 e. The van der Waals surface area contributed by atoms with E-state index in [4.69, 9.17) is 23.2 Å². The van der Waals surface area contributed by atoms with E-state index in [1.165, 1.54) is 0 Å². The summed E-state index contributed by atoms with van der Waals surface area (Å²) in [6.45, 7) is 4.17. The van der Waals surface area contributed by atoms with E-state index < -0.39 is 0 Å². The second kappa shape index (κ2) is 5.51. The van der Waals surface area contributed by atoms with Gasteiger partial charge in [-0.1, -0.05) is 23.2 Å². The maximum atomic E-state index is 6.19. The van der Waals surface area contributed by atoms with Crippen molar-refractivity contribution >= 4 is 50.8 Å². The van der Waals surface area contributed by atoms with E-state index >= 15 is 0 Å². The smallest absolute Gasteiger partial charge is 0.207 e. The highest BCUT2D eigenvalue weighted by Crippen LogP contribution is 2.37. The molecule has 0 unspecified atom stereocenters. The van der Waals surface area contributed by atoms with Gasteiger partial charge in [0, 0.05) is 22.9 Å². The third-order valence-electron chi connectivity index (χ3n) is 2.51. The molecule has 0 atom stereocenters. The van der Waals surface area contributed by atoms with Crippen LogP contribution >= 0.6 is 39.1 Å². The third kappa shape index (κ3) is 2.66. The average molecular weight is 349 g/mol. The summed E-state index contributed by atoms with van der Waals surface area (Å²) in [7, 11) is 0. The predicted octanol–water partition coefficient (Wildman–Crippen LogP) is 5.28. The first-order valence-electron chi connectivity index (χ1n) is 5.44. The van der Waals surface area contributed by atoms with Crippen LogP contribution in [0.1, 0.15) is 19.9 Å². The molecule has 6 heteroatoms. The Morgan fingerprint density at radius 3 is 2.67 bits per heavy atom. The maximum absolute atomic E-state index is 6.19. The number of halogens is 3. The summed E-state index contributed by atoms with van der Waals surface area (Å²) >= 11 is 15.6. The fourth-order valence-corrected chi connectivity index (χ4v) is 2.39. The van der Waals surface area contributed by atoms with Crippen molar-refractivity contribution in [2.24, 2.45) is 0 Å². The van der Waals surface area contributed by atoms with Crippen LogP contribution in [-0.2, 0) is 0 Å². The number of rotatable bonds is 3. The molecule has 0 saturated carbocycles. The highest BCUT2D eigenvalue weighted by Gasteiger charge is 2.11. The molecular formula is C12H12BrCl2N3. The summed E-state index contributed by atoms with van der Waals surface area (Å²) in [5, 5.41) is 4.15. The van der Waals surface area contributed by atoms with Crippen LogP contribution in [0.4, 0.5) is 11.6 Å². The number of imidazole rings is 1. The molecule has 96 valence electrons. The van der Waals surface area contributed by atoms with Crippen LogP contribution in [0.25, 0.3) is 0 Å². The van der Waals surface area contributed by atoms with Crippen molar-refractivity contribution in [2.75, 3.05) is 5.32 Å². The van der Waals surface area contributed by atoms with Crippen molar-refractivity contribution in [3.63, 3.8) is 0 Å². The topological polar surface area (TPSA) is 29.9 Å². The van der Waals surface area contributed by atoms with Gasteiger partial charge in [0.25, 0.3) is 0 Å². The summed E-state index contributed by atoms with van der Waals surface area (Å²) in [5.41, 5.74) is 0.734. The van der Waals surface area contributed by atoms with Crippen molar-refractivity contribution in [3.05, 3.63) is 39.0 Å². The first-order valence-corrected chi connectivity index (χ1v) is 6.99. The molecule has 0 radical (unpaired) electrons. The molecule has 0 fully saturated rings. The molecule has 1 aromatic heterocycles. The van der Waals surface area contributed by atoms with Crippen molar-refractivity contribution in [1.82, 2.24) is 9.55 Å². The van der Waals surface area contributed by atoms with E-state index in [1.807, 2.05) is 22.9 Å². The molecule has 0 aliphatic heterocycles. The van der Waals surface area contributed by atoms with Crippen LogP contribution in [-0.4, -0.2) is 9.55 Å². The van der Waals surface area contributed by atoms with Crippen LogP contribution in [0.5, 0.6) is 0 Å². The summed E-state index contributed by atoms with van der Waals surface area (Å²) in [6, 6.07) is 4.02. The van der Waals surface area contributed by atoms with E-state index in [-0.39, 0.29) is 0 Å². The van der Waals surface area contributed by atoms with Crippen molar-refractivity contribution in [1.29, 1.82) is 0 Å². The lowest BCUT2D eigenvalue weighted by Crippen LogP contribution is -2.05. The highest BCUT2D eigenvalue weighted by atomic mass is 79.9. The van der Waals surface area contributed by atoms with Gasteiger partial charge in [0.15, 0.2) is 0 Å². The lowest BCUT2D eigenvalue weighted by molar-refractivity contribution is 0.608. The third-order valence-corrected chi connectivity index (χ3v) is 4.28. The standard InChI is InChI=1S/C12H12BrCl2N3/c1-7(2)18-6-5-16-12(18)17-9-4-3-8(13)10(14)11(9)15/h3-7H,1-2H3,(H,16,17). The quantitative estimate of drug-likeness (QED) is 0.765. The monoisotopic (exact) mass is 347 g/mol. The summed E-state index contributed by atoms with van der Waals surface area (Å²) in [5.74, 6) is 0.741. The molecule has 1 heterocycles. The number of hydrogen-bond acceptors (Lipinski definition) is 2. The first kappa shape index (κ1) is 13.7. The number of nitrogens with one attached hydrogen (secondary N) is 1. The zero-order valence-electron chi connectivity index (χ0n) is 9.92. The molecule has 0 aliphatic rings. The summed E-state index contributed by atoms with van der Waals surface area (Å²) in [4.78, 5) is 4.26. The molecule has 0 spiro atoms. The first-order chi connectivity index (χ1) is 8.50. The number of hydrogen-bond donors (Lipinski definition) is 1. The van der Waals surface area contributed by atoms with Crippen LogP contribution in [0.2, 0.25) is 10.0 Å². The van der Waals surface area contributed by atoms with Gasteiger partial charge < -0.3 is 9.88 Å². The van der Waals surface area contributed by atoms with Gasteiger partial charge in [-0.05, 0) is 41.9 Å². The summed E-state index contributed by atoms with van der Waals surface area (Å²) < 4.78 is 2.79. The molecule has 1 aromatic carbocycles. The van der Waals surface area contributed by atoms with E-state index in [0.29, 0.717) is 16.1 Å². The van der Waals surface area contributed by atoms with Gasteiger partial charge in [-0.3, -0.25) is 0 Å².